The number of fused-ring (bicyclic) bond motifs is 1. The molecule has 0 saturated heterocycles. The highest BCUT2D eigenvalue weighted by molar-refractivity contribution is 8.01. The molecule has 0 saturated carbocycles. The largest absolute Gasteiger partial charge is 0.493 e. The van der Waals surface area contributed by atoms with Crippen LogP contribution >= 0.6 is 23.1 Å². The molecule has 0 atom stereocenters. The summed E-state index contributed by atoms with van der Waals surface area (Å²) < 4.78 is 8.07. The second-order valence-corrected chi connectivity index (χ2v) is 6.83. The van der Waals surface area contributed by atoms with Gasteiger partial charge in [0.2, 0.25) is 0 Å². The first kappa shape index (κ1) is 13.5. The van der Waals surface area contributed by atoms with Gasteiger partial charge in [-0.2, -0.15) is 0 Å². The number of rotatable bonds is 5. The van der Waals surface area contributed by atoms with Crippen LogP contribution in [0.3, 0.4) is 0 Å². The molecule has 0 N–H and O–H groups in total. The highest BCUT2D eigenvalue weighted by atomic mass is 32.2. The van der Waals surface area contributed by atoms with Gasteiger partial charge in [-0.15, -0.1) is 11.3 Å². The Hall–Kier alpha value is -1.52. The molecule has 102 valence electrons. The smallest absolute Gasteiger partial charge is 0.151 e. The Morgan fingerprint density at radius 2 is 1.90 bits per heavy atom. The summed E-state index contributed by atoms with van der Waals surface area (Å²) in [6.07, 6.45) is 0. The van der Waals surface area contributed by atoms with E-state index in [0.29, 0.717) is 6.61 Å². The van der Waals surface area contributed by atoms with E-state index >= 15 is 0 Å². The summed E-state index contributed by atoms with van der Waals surface area (Å²) in [4.78, 5) is 4.59. The minimum Gasteiger partial charge on any atom is -0.493 e. The lowest BCUT2D eigenvalue weighted by Crippen LogP contribution is -1.99. The predicted molar refractivity (Wildman–Crippen MR) is 87.0 cm³/mol. The zero-order valence-electron chi connectivity index (χ0n) is 11.2. The van der Waals surface area contributed by atoms with Gasteiger partial charge in [0.15, 0.2) is 4.34 Å². The summed E-state index contributed by atoms with van der Waals surface area (Å²) in [5.41, 5.74) is 2.33. The average molecular weight is 301 g/mol. The molecule has 0 unspecified atom stereocenters. The van der Waals surface area contributed by atoms with E-state index in [2.05, 4.69) is 42.2 Å². The first-order valence-corrected chi connectivity index (χ1v) is 8.29. The van der Waals surface area contributed by atoms with Gasteiger partial charge in [0, 0.05) is 5.75 Å². The Balaban J connectivity index is 1.51. The molecule has 0 amide bonds. The number of hydrogen-bond donors (Lipinski definition) is 0. The van der Waals surface area contributed by atoms with Crippen LogP contribution in [0.15, 0.2) is 52.9 Å². The number of hydrogen-bond acceptors (Lipinski definition) is 4. The van der Waals surface area contributed by atoms with Crippen LogP contribution in [-0.2, 0) is 0 Å². The van der Waals surface area contributed by atoms with Crippen molar-refractivity contribution in [2.75, 3.05) is 12.4 Å². The van der Waals surface area contributed by atoms with E-state index in [1.807, 2.05) is 18.2 Å². The summed E-state index contributed by atoms with van der Waals surface area (Å²) in [7, 11) is 0. The average Bonchev–Trinajstić information content (AvgIpc) is 2.88. The number of ether oxygens (including phenoxy) is 1. The molecule has 0 aliphatic heterocycles. The van der Waals surface area contributed by atoms with E-state index in [4.69, 9.17) is 4.74 Å². The van der Waals surface area contributed by atoms with E-state index < -0.39 is 0 Å². The molecule has 0 radical (unpaired) electrons. The number of para-hydroxylation sites is 1. The first-order valence-electron chi connectivity index (χ1n) is 6.49. The number of aromatic nitrogens is 1. The maximum atomic E-state index is 5.71. The zero-order chi connectivity index (χ0) is 13.8. The number of thiazole rings is 1. The van der Waals surface area contributed by atoms with Crippen LogP contribution in [0.1, 0.15) is 5.56 Å². The Kier molecular flexibility index (Phi) is 4.23. The van der Waals surface area contributed by atoms with Gasteiger partial charge in [-0.05, 0) is 31.2 Å². The van der Waals surface area contributed by atoms with Crippen LogP contribution in [0.2, 0.25) is 0 Å². The van der Waals surface area contributed by atoms with E-state index in [0.717, 1.165) is 21.4 Å². The van der Waals surface area contributed by atoms with Crippen molar-refractivity contribution < 1.29 is 4.74 Å². The van der Waals surface area contributed by atoms with Crippen molar-refractivity contribution in [3.8, 4) is 5.75 Å². The minimum absolute atomic E-state index is 0.698. The Morgan fingerprint density at radius 3 is 2.70 bits per heavy atom. The number of thioether (sulfide) groups is 1. The van der Waals surface area contributed by atoms with Crippen LogP contribution in [0, 0.1) is 6.92 Å². The van der Waals surface area contributed by atoms with Gasteiger partial charge in [0.05, 0.1) is 16.8 Å². The molecule has 0 bridgehead atoms. The first-order chi connectivity index (χ1) is 9.81. The molecule has 20 heavy (non-hydrogen) atoms. The number of nitrogens with zero attached hydrogens (tertiary/aromatic N) is 1. The lowest BCUT2D eigenvalue weighted by Gasteiger charge is -2.05. The van der Waals surface area contributed by atoms with Crippen molar-refractivity contribution in [1.29, 1.82) is 0 Å². The van der Waals surface area contributed by atoms with Crippen LogP contribution in [0.5, 0.6) is 5.75 Å². The maximum absolute atomic E-state index is 5.71. The Labute approximate surface area is 126 Å². The lowest BCUT2D eigenvalue weighted by atomic mass is 10.2. The van der Waals surface area contributed by atoms with Crippen LogP contribution in [-0.4, -0.2) is 17.3 Å². The molecule has 4 heteroatoms. The minimum atomic E-state index is 0.698. The van der Waals surface area contributed by atoms with E-state index in [9.17, 15) is 0 Å². The zero-order valence-corrected chi connectivity index (χ0v) is 12.8. The van der Waals surface area contributed by atoms with Gasteiger partial charge >= 0.3 is 0 Å². The van der Waals surface area contributed by atoms with Gasteiger partial charge < -0.3 is 4.74 Å². The highest BCUT2D eigenvalue weighted by Gasteiger charge is 2.03. The van der Waals surface area contributed by atoms with Crippen molar-refractivity contribution in [3.05, 3.63) is 54.1 Å². The molecule has 1 heterocycles. The van der Waals surface area contributed by atoms with Gasteiger partial charge in [0.1, 0.15) is 5.75 Å². The lowest BCUT2D eigenvalue weighted by molar-refractivity contribution is 0.344. The second kappa shape index (κ2) is 6.29. The SMILES string of the molecule is Cc1ccc(OCCSc2nc3ccccc3s2)cc1. The van der Waals surface area contributed by atoms with Crippen LogP contribution in [0.25, 0.3) is 10.2 Å². The summed E-state index contributed by atoms with van der Waals surface area (Å²) in [5, 5.41) is 0. The Morgan fingerprint density at radius 1 is 1.10 bits per heavy atom. The molecule has 0 fully saturated rings. The molecular weight excluding hydrogens is 286 g/mol. The quantitative estimate of drug-likeness (QED) is 0.500. The van der Waals surface area contributed by atoms with E-state index in [1.54, 1.807) is 23.1 Å². The normalized spacial score (nSPS) is 10.8. The third-order valence-electron chi connectivity index (χ3n) is 2.87. The van der Waals surface area contributed by atoms with E-state index in [-0.39, 0.29) is 0 Å². The summed E-state index contributed by atoms with van der Waals surface area (Å²) in [6, 6.07) is 16.4. The topological polar surface area (TPSA) is 22.1 Å². The fourth-order valence-electron chi connectivity index (χ4n) is 1.84. The fourth-order valence-corrected chi connectivity index (χ4v) is 3.79. The van der Waals surface area contributed by atoms with Gasteiger partial charge in [-0.1, -0.05) is 41.6 Å². The van der Waals surface area contributed by atoms with E-state index in [1.165, 1.54) is 10.3 Å². The third kappa shape index (κ3) is 3.32. The van der Waals surface area contributed by atoms with Crippen molar-refractivity contribution in [3.63, 3.8) is 0 Å². The second-order valence-electron chi connectivity index (χ2n) is 4.46. The molecule has 2 nitrogen and oxygen atoms in total. The van der Waals surface area contributed by atoms with Crippen LogP contribution in [0.4, 0.5) is 0 Å². The number of benzene rings is 2. The Bertz CT molecular complexity index is 658. The van der Waals surface area contributed by atoms with Gasteiger partial charge in [-0.3, -0.25) is 0 Å². The van der Waals surface area contributed by atoms with Crippen molar-refractivity contribution in [2.45, 2.75) is 11.3 Å². The van der Waals surface area contributed by atoms with Crippen LogP contribution < -0.4 is 4.74 Å². The molecule has 3 rings (SSSR count). The standard InChI is InChI=1S/C16H15NOS2/c1-12-6-8-13(9-7-12)18-10-11-19-16-17-14-4-2-3-5-15(14)20-16/h2-9H,10-11H2,1H3. The van der Waals surface area contributed by atoms with Gasteiger partial charge in [-0.25, -0.2) is 4.98 Å². The molecule has 0 aliphatic carbocycles. The summed E-state index contributed by atoms with van der Waals surface area (Å²) >= 11 is 3.49. The van der Waals surface area contributed by atoms with Crippen molar-refractivity contribution in [2.24, 2.45) is 0 Å². The summed E-state index contributed by atoms with van der Waals surface area (Å²) in [6.45, 7) is 2.77. The van der Waals surface area contributed by atoms with Crippen molar-refractivity contribution >= 4 is 33.3 Å². The fraction of sp³-hybridized carbons (Fsp3) is 0.188. The van der Waals surface area contributed by atoms with Crippen molar-refractivity contribution in [1.82, 2.24) is 4.98 Å². The molecule has 0 aliphatic rings. The highest BCUT2D eigenvalue weighted by Crippen LogP contribution is 2.29. The molecule has 0 spiro atoms. The molecular formula is C16H15NOS2. The molecule has 3 aromatic rings. The number of aryl methyl sites for hydroxylation is 1. The monoisotopic (exact) mass is 301 g/mol. The predicted octanol–water partition coefficient (Wildman–Crippen LogP) is 4.78. The molecule has 2 aromatic carbocycles. The third-order valence-corrected chi connectivity index (χ3v) is 5.02. The van der Waals surface area contributed by atoms with Gasteiger partial charge in [0.25, 0.3) is 0 Å². The maximum Gasteiger partial charge on any atom is 0.151 e. The molecule has 1 aromatic heterocycles. The summed E-state index contributed by atoms with van der Waals surface area (Å²) in [5.74, 6) is 1.84.